The quantitative estimate of drug-likeness (QED) is 0.0819. The van der Waals surface area contributed by atoms with Crippen molar-refractivity contribution in [2.75, 3.05) is 33.0 Å². The average Bonchev–Trinajstić information content (AvgIpc) is 3.18. The molecule has 26 nitrogen and oxygen atoms in total. The van der Waals surface area contributed by atoms with Crippen LogP contribution in [0.2, 0.25) is 0 Å². The van der Waals surface area contributed by atoms with Crippen molar-refractivity contribution in [3.05, 3.63) is 0 Å². The minimum Gasteiger partial charge on any atom is -0.394 e. The summed E-state index contributed by atoms with van der Waals surface area (Å²) < 4.78 is 49.4. The van der Waals surface area contributed by atoms with Gasteiger partial charge in [-0.05, 0) is 0 Å². The lowest BCUT2D eigenvalue weighted by molar-refractivity contribution is -0.381. The lowest BCUT2D eigenvalue weighted by Crippen LogP contribution is -2.66. The van der Waals surface area contributed by atoms with Crippen LogP contribution in [0.15, 0.2) is 0 Å². The van der Waals surface area contributed by atoms with Crippen LogP contribution in [0.5, 0.6) is 0 Å². The zero-order chi connectivity index (χ0) is 41.3. The minimum absolute atomic E-state index is 0.769. The Bertz CT molecular complexity index is 1200. The van der Waals surface area contributed by atoms with Crippen LogP contribution in [0, 0.1) is 0 Å². The van der Waals surface area contributed by atoms with E-state index in [0.717, 1.165) is 0 Å². The second-order valence-electron chi connectivity index (χ2n) is 14.0. The summed E-state index contributed by atoms with van der Waals surface area (Å²) in [7, 11) is 0. The fourth-order valence-corrected chi connectivity index (χ4v) is 6.80. The molecule has 0 spiro atoms. The van der Waals surface area contributed by atoms with Gasteiger partial charge in [0.15, 0.2) is 31.5 Å². The Balaban J connectivity index is 1.33. The standard InChI is InChI=1S/C30H52O26/c31-1-6-11(34)15(38)21(44)27(51-6)48-4-10-14(37)18(41)25(56-28-22(45)16(39)12(35)7(2-32)52-28)30(54-10)49-5-9-13(36)17(40)23(46)29(53-9)55-24-8(3-33)50-26(47)20(43)19(24)42/h6-47H,1-5H2/t6-,7+,8-,9-,10-,11-,12+,13-,14-,15+,16-,17+,18+,19-,20-,21-,22+,23-,24-,25-,26+,27+,28?,29-,30+/m1/s1. The van der Waals surface area contributed by atoms with E-state index >= 15 is 0 Å². The number of ether oxygens (including phenoxy) is 9. The maximum atomic E-state index is 11.2. The van der Waals surface area contributed by atoms with E-state index in [1.54, 1.807) is 0 Å². The van der Waals surface area contributed by atoms with E-state index in [-0.39, 0.29) is 0 Å². The van der Waals surface area contributed by atoms with Gasteiger partial charge in [0, 0.05) is 0 Å². The summed E-state index contributed by atoms with van der Waals surface area (Å²) in [5, 5.41) is 175. The van der Waals surface area contributed by atoms with E-state index in [9.17, 15) is 86.8 Å². The highest BCUT2D eigenvalue weighted by molar-refractivity contribution is 4.97. The van der Waals surface area contributed by atoms with Gasteiger partial charge in [0.25, 0.3) is 0 Å². The Morgan fingerprint density at radius 2 is 0.661 bits per heavy atom. The molecule has 25 atom stereocenters. The molecule has 0 aliphatic carbocycles. The Morgan fingerprint density at radius 1 is 0.304 bits per heavy atom. The third kappa shape index (κ3) is 9.46. The minimum atomic E-state index is -2.07. The summed E-state index contributed by atoms with van der Waals surface area (Å²) in [6.45, 7) is -4.16. The molecular weight excluding hydrogens is 776 g/mol. The number of hydrogen-bond acceptors (Lipinski definition) is 26. The van der Waals surface area contributed by atoms with Crippen LogP contribution in [0.25, 0.3) is 0 Å². The molecule has 17 N–H and O–H groups in total. The van der Waals surface area contributed by atoms with Crippen LogP contribution in [0.4, 0.5) is 0 Å². The Kier molecular flexibility index (Phi) is 16.1. The smallest absolute Gasteiger partial charge is 0.187 e. The molecule has 0 saturated carbocycles. The molecule has 0 radical (unpaired) electrons. The second-order valence-corrected chi connectivity index (χ2v) is 14.0. The average molecular weight is 829 g/mol. The number of aliphatic hydroxyl groups excluding tert-OH is 17. The van der Waals surface area contributed by atoms with Gasteiger partial charge in [0.2, 0.25) is 0 Å². The third-order valence-corrected chi connectivity index (χ3v) is 10.3. The molecule has 26 heteroatoms. The molecule has 5 aliphatic rings. The molecule has 5 rings (SSSR count). The second kappa shape index (κ2) is 19.6. The Morgan fingerprint density at radius 3 is 1.16 bits per heavy atom. The molecule has 56 heavy (non-hydrogen) atoms. The number of aliphatic hydroxyl groups is 17. The van der Waals surface area contributed by atoms with Crippen molar-refractivity contribution in [2.24, 2.45) is 0 Å². The lowest BCUT2D eigenvalue weighted by Gasteiger charge is -2.47. The summed E-state index contributed by atoms with van der Waals surface area (Å²) in [5.74, 6) is 0. The molecule has 5 saturated heterocycles. The zero-order valence-corrected chi connectivity index (χ0v) is 29.2. The van der Waals surface area contributed by atoms with Gasteiger partial charge in [-0.1, -0.05) is 0 Å². The summed E-state index contributed by atoms with van der Waals surface area (Å²) >= 11 is 0. The van der Waals surface area contributed by atoms with Gasteiger partial charge >= 0.3 is 0 Å². The van der Waals surface area contributed by atoms with Gasteiger partial charge in [-0.3, -0.25) is 0 Å². The highest BCUT2D eigenvalue weighted by Gasteiger charge is 2.54. The maximum Gasteiger partial charge on any atom is 0.187 e. The normalized spacial score (nSPS) is 53.2. The number of hydrogen-bond donors (Lipinski definition) is 17. The van der Waals surface area contributed by atoms with Gasteiger partial charge in [-0.2, -0.15) is 0 Å². The first-order valence-electron chi connectivity index (χ1n) is 17.6. The fourth-order valence-electron chi connectivity index (χ4n) is 6.80. The monoisotopic (exact) mass is 828 g/mol. The molecule has 5 aliphatic heterocycles. The summed E-state index contributed by atoms with van der Waals surface area (Å²) in [6.07, 6.45) is -45.9. The van der Waals surface area contributed by atoms with Gasteiger partial charge < -0.3 is 129 Å². The predicted octanol–water partition coefficient (Wildman–Crippen LogP) is -11.9. The molecule has 5 fully saturated rings. The first-order chi connectivity index (χ1) is 26.4. The van der Waals surface area contributed by atoms with Gasteiger partial charge in [-0.25, -0.2) is 0 Å². The molecule has 0 amide bonds. The van der Waals surface area contributed by atoms with E-state index in [1.165, 1.54) is 0 Å². The molecule has 0 aromatic rings. The van der Waals surface area contributed by atoms with Crippen molar-refractivity contribution in [1.29, 1.82) is 0 Å². The maximum absolute atomic E-state index is 11.2. The first-order valence-corrected chi connectivity index (χ1v) is 17.6. The van der Waals surface area contributed by atoms with Crippen molar-refractivity contribution in [2.45, 2.75) is 154 Å². The third-order valence-electron chi connectivity index (χ3n) is 10.3. The van der Waals surface area contributed by atoms with Gasteiger partial charge in [-0.15, -0.1) is 0 Å². The van der Waals surface area contributed by atoms with Crippen molar-refractivity contribution < 1.29 is 129 Å². The highest BCUT2D eigenvalue weighted by Crippen LogP contribution is 2.33. The van der Waals surface area contributed by atoms with E-state index < -0.39 is 187 Å². The molecule has 0 aromatic carbocycles. The number of rotatable bonds is 13. The molecule has 328 valence electrons. The van der Waals surface area contributed by atoms with E-state index in [1.807, 2.05) is 0 Å². The highest BCUT2D eigenvalue weighted by atomic mass is 16.8. The molecule has 5 heterocycles. The van der Waals surface area contributed by atoms with Crippen molar-refractivity contribution in [1.82, 2.24) is 0 Å². The van der Waals surface area contributed by atoms with Crippen LogP contribution >= 0.6 is 0 Å². The summed E-state index contributed by atoms with van der Waals surface area (Å²) in [5.41, 5.74) is 0. The molecule has 1 unspecified atom stereocenters. The van der Waals surface area contributed by atoms with Crippen LogP contribution < -0.4 is 0 Å². The van der Waals surface area contributed by atoms with Crippen molar-refractivity contribution >= 4 is 0 Å². The van der Waals surface area contributed by atoms with Crippen molar-refractivity contribution in [3.8, 4) is 0 Å². The molecule has 0 aromatic heterocycles. The summed E-state index contributed by atoms with van der Waals surface area (Å²) in [4.78, 5) is 0. The lowest BCUT2D eigenvalue weighted by atomic mass is 9.96. The van der Waals surface area contributed by atoms with Crippen LogP contribution in [-0.2, 0) is 42.6 Å². The van der Waals surface area contributed by atoms with Crippen LogP contribution in [0.3, 0.4) is 0 Å². The largest absolute Gasteiger partial charge is 0.394 e. The predicted molar refractivity (Wildman–Crippen MR) is 167 cm³/mol. The van der Waals surface area contributed by atoms with Crippen LogP contribution in [0.1, 0.15) is 0 Å². The topological polar surface area (TPSA) is 427 Å². The van der Waals surface area contributed by atoms with Gasteiger partial charge in [0.05, 0.1) is 33.0 Å². The SMILES string of the molecule is OC[C@@H]1OC(O[C@H]2[C@@H](OC[C@H]3O[C@H](O[C@H]4[C@H](O)[C@@H](O)[C@@H](O)O[C@@H]4CO)[C@H](O)[C@@H](O)[C@@H]3O)O[C@H](CO[C@H]3O[C@H](CO)[C@@H](O)[C@H](O)[C@H]3O)[C@@H](O)[C@@H]2O)[C@@H](O)[C@H](O)[C@H]1O. The van der Waals surface area contributed by atoms with Crippen molar-refractivity contribution in [3.63, 3.8) is 0 Å². The zero-order valence-electron chi connectivity index (χ0n) is 29.2. The molecular formula is C30H52O26. The first kappa shape index (κ1) is 46.0. The van der Waals surface area contributed by atoms with Crippen LogP contribution in [-0.4, -0.2) is 273 Å². The van der Waals surface area contributed by atoms with Gasteiger partial charge in [0.1, 0.15) is 122 Å². The fraction of sp³-hybridized carbons (Fsp3) is 1.00. The van der Waals surface area contributed by atoms with E-state index in [4.69, 9.17) is 42.6 Å². The Hall–Kier alpha value is -1.04. The summed E-state index contributed by atoms with van der Waals surface area (Å²) in [6, 6.07) is 0. The molecule has 0 bridgehead atoms. The van der Waals surface area contributed by atoms with E-state index in [0.29, 0.717) is 0 Å². The Labute approximate surface area is 316 Å². The van der Waals surface area contributed by atoms with E-state index in [2.05, 4.69) is 0 Å².